The number of rotatable bonds is 10. The molecule has 0 aliphatic carbocycles. The topological polar surface area (TPSA) is 49.4 Å². The lowest BCUT2D eigenvalue weighted by atomic mass is 10.5. The molecule has 0 heterocycles. The van der Waals surface area contributed by atoms with Crippen LogP contribution in [0.15, 0.2) is 25.3 Å². The highest BCUT2D eigenvalue weighted by molar-refractivity contribution is 7.89. The van der Waals surface area contributed by atoms with Gasteiger partial charge in [-0.15, -0.1) is 13.2 Å². The zero-order valence-electron chi connectivity index (χ0n) is 9.98. The van der Waals surface area contributed by atoms with E-state index < -0.39 is 10.0 Å². The lowest BCUT2D eigenvalue weighted by Gasteiger charge is -2.18. The minimum Gasteiger partial charge on any atom is -0.317 e. The molecule has 0 aromatic carbocycles. The summed E-state index contributed by atoms with van der Waals surface area (Å²) in [5.41, 5.74) is 0. The number of sulfonamides is 1. The molecule has 0 fully saturated rings. The van der Waals surface area contributed by atoms with Gasteiger partial charge in [0.1, 0.15) is 0 Å². The highest BCUT2D eigenvalue weighted by atomic mass is 32.2. The molecule has 0 radical (unpaired) electrons. The van der Waals surface area contributed by atoms with E-state index in [1.54, 1.807) is 12.2 Å². The van der Waals surface area contributed by atoms with Crippen molar-refractivity contribution in [1.29, 1.82) is 0 Å². The van der Waals surface area contributed by atoms with Crippen LogP contribution >= 0.6 is 0 Å². The van der Waals surface area contributed by atoms with Crippen molar-refractivity contribution in [1.82, 2.24) is 9.62 Å². The molecule has 5 heteroatoms. The SMILES string of the molecule is C=CCN(CC=C)S(=O)(=O)CCCNCC. The fourth-order valence-corrected chi connectivity index (χ4v) is 2.71. The van der Waals surface area contributed by atoms with Gasteiger partial charge in [0, 0.05) is 13.1 Å². The van der Waals surface area contributed by atoms with Gasteiger partial charge in [-0.05, 0) is 19.5 Å². The highest BCUT2D eigenvalue weighted by Gasteiger charge is 2.18. The van der Waals surface area contributed by atoms with E-state index in [1.165, 1.54) is 4.31 Å². The molecule has 0 rings (SSSR count). The van der Waals surface area contributed by atoms with E-state index in [1.807, 2.05) is 6.92 Å². The Balaban J connectivity index is 4.24. The molecule has 4 nitrogen and oxygen atoms in total. The van der Waals surface area contributed by atoms with Crippen molar-refractivity contribution in [3.8, 4) is 0 Å². The lowest BCUT2D eigenvalue weighted by molar-refractivity contribution is 0.472. The van der Waals surface area contributed by atoms with Crippen LogP contribution in [-0.4, -0.2) is 44.7 Å². The van der Waals surface area contributed by atoms with E-state index in [-0.39, 0.29) is 5.75 Å². The predicted octanol–water partition coefficient (Wildman–Crippen LogP) is 0.990. The van der Waals surface area contributed by atoms with E-state index in [2.05, 4.69) is 18.5 Å². The Morgan fingerprint density at radius 1 is 1.25 bits per heavy atom. The molecule has 0 aliphatic rings. The fraction of sp³-hybridized carbons (Fsp3) is 0.636. The second-order valence-corrected chi connectivity index (χ2v) is 5.51. The van der Waals surface area contributed by atoms with Crippen LogP contribution in [0, 0.1) is 0 Å². The first-order chi connectivity index (χ1) is 7.58. The van der Waals surface area contributed by atoms with Gasteiger partial charge in [-0.1, -0.05) is 19.1 Å². The summed E-state index contributed by atoms with van der Waals surface area (Å²) in [5, 5.41) is 3.10. The quantitative estimate of drug-likeness (QED) is 0.462. The van der Waals surface area contributed by atoms with E-state index >= 15 is 0 Å². The number of nitrogens with one attached hydrogen (secondary N) is 1. The Morgan fingerprint density at radius 3 is 2.25 bits per heavy atom. The Kier molecular flexibility index (Phi) is 8.15. The lowest BCUT2D eigenvalue weighted by Crippen LogP contribution is -2.34. The molecule has 0 aromatic rings. The summed E-state index contributed by atoms with van der Waals surface area (Å²) in [6.07, 6.45) is 3.80. The predicted molar refractivity (Wildman–Crippen MR) is 68.9 cm³/mol. The molecule has 0 aromatic heterocycles. The zero-order chi connectivity index (χ0) is 12.4. The van der Waals surface area contributed by atoms with Crippen molar-refractivity contribution >= 4 is 10.0 Å². The van der Waals surface area contributed by atoms with E-state index in [4.69, 9.17) is 0 Å². The third-order valence-electron chi connectivity index (χ3n) is 2.06. The van der Waals surface area contributed by atoms with Crippen LogP contribution in [0.1, 0.15) is 13.3 Å². The zero-order valence-corrected chi connectivity index (χ0v) is 10.8. The monoisotopic (exact) mass is 246 g/mol. The van der Waals surface area contributed by atoms with Gasteiger partial charge in [0.25, 0.3) is 0 Å². The van der Waals surface area contributed by atoms with Gasteiger partial charge in [-0.2, -0.15) is 4.31 Å². The van der Waals surface area contributed by atoms with Crippen LogP contribution in [0.2, 0.25) is 0 Å². The van der Waals surface area contributed by atoms with E-state index in [0.29, 0.717) is 19.5 Å². The van der Waals surface area contributed by atoms with Crippen LogP contribution < -0.4 is 5.32 Å². The van der Waals surface area contributed by atoms with Crippen molar-refractivity contribution in [2.45, 2.75) is 13.3 Å². The molecule has 16 heavy (non-hydrogen) atoms. The smallest absolute Gasteiger partial charge is 0.214 e. The number of nitrogens with zero attached hydrogens (tertiary/aromatic N) is 1. The normalized spacial score (nSPS) is 11.6. The average Bonchev–Trinajstić information content (AvgIpc) is 2.24. The summed E-state index contributed by atoms with van der Waals surface area (Å²) >= 11 is 0. The molecule has 1 N–H and O–H groups in total. The summed E-state index contributed by atoms with van der Waals surface area (Å²) < 4.78 is 25.1. The van der Waals surface area contributed by atoms with Crippen molar-refractivity contribution < 1.29 is 8.42 Å². The molecule has 0 aliphatic heterocycles. The van der Waals surface area contributed by atoms with Gasteiger partial charge < -0.3 is 5.32 Å². The molecule has 0 saturated carbocycles. The Bertz CT molecular complexity index is 289. The van der Waals surface area contributed by atoms with Crippen LogP contribution in [0.25, 0.3) is 0 Å². The maximum Gasteiger partial charge on any atom is 0.214 e. The van der Waals surface area contributed by atoms with E-state index in [0.717, 1.165) is 13.1 Å². The second-order valence-electron chi connectivity index (χ2n) is 3.42. The first-order valence-electron chi connectivity index (χ1n) is 5.48. The van der Waals surface area contributed by atoms with Gasteiger partial charge in [0.2, 0.25) is 10.0 Å². The maximum atomic E-state index is 11.9. The highest BCUT2D eigenvalue weighted by Crippen LogP contribution is 2.03. The summed E-state index contributed by atoms with van der Waals surface area (Å²) in [5.74, 6) is 0.168. The molecule has 0 bridgehead atoms. The van der Waals surface area contributed by atoms with E-state index in [9.17, 15) is 8.42 Å². The summed E-state index contributed by atoms with van der Waals surface area (Å²) in [6.45, 7) is 11.4. The first kappa shape index (κ1) is 15.3. The van der Waals surface area contributed by atoms with Crippen LogP contribution in [-0.2, 0) is 10.0 Å². The molecule has 0 unspecified atom stereocenters. The first-order valence-corrected chi connectivity index (χ1v) is 7.09. The van der Waals surface area contributed by atoms with Gasteiger partial charge >= 0.3 is 0 Å². The largest absolute Gasteiger partial charge is 0.317 e. The molecule has 0 atom stereocenters. The van der Waals surface area contributed by atoms with Gasteiger partial charge in [0.15, 0.2) is 0 Å². The van der Waals surface area contributed by atoms with Crippen molar-refractivity contribution in [2.24, 2.45) is 0 Å². The molecular formula is C11H22N2O2S. The average molecular weight is 246 g/mol. The van der Waals surface area contributed by atoms with Crippen molar-refractivity contribution in [3.05, 3.63) is 25.3 Å². The summed E-state index contributed by atoms with van der Waals surface area (Å²) in [4.78, 5) is 0. The summed E-state index contributed by atoms with van der Waals surface area (Å²) in [7, 11) is -3.18. The van der Waals surface area contributed by atoms with Crippen LogP contribution in [0.3, 0.4) is 0 Å². The van der Waals surface area contributed by atoms with Crippen LogP contribution in [0.4, 0.5) is 0 Å². The summed E-state index contributed by atoms with van der Waals surface area (Å²) in [6, 6.07) is 0. The van der Waals surface area contributed by atoms with Crippen LogP contribution in [0.5, 0.6) is 0 Å². The Hall–Kier alpha value is -0.650. The number of hydrogen-bond donors (Lipinski definition) is 1. The standard InChI is InChI=1S/C11H22N2O2S/c1-4-9-13(10-5-2)16(14,15)11-7-8-12-6-3/h4-5,12H,1-2,6-11H2,3H3. The molecule has 0 saturated heterocycles. The van der Waals surface area contributed by atoms with Gasteiger partial charge in [-0.3, -0.25) is 0 Å². The fourth-order valence-electron chi connectivity index (χ4n) is 1.28. The molecule has 94 valence electrons. The Labute approximate surface area is 99.1 Å². The van der Waals surface area contributed by atoms with Gasteiger partial charge in [0.05, 0.1) is 5.75 Å². The Morgan fingerprint density at radius 2 is 1.81 bits per heavy atom. The third kappa shape index (κ3) is 6.05. The molecule has 0 spiro atoms. The third-order valence-corrected chi connectivity index (χ3v) is 3.95. The number of hydrogen-bond acceptors (Lipinski definition) is 3. The molecule has 0 amide bonds. The van der Waals surface area contributed by atoms with Crippen molar-refractivity contribution in [3.63, 3.8) is 0 Å². The maximum absolute atomic E-state index is 11.9. The minimum atomic E-state index is -3.18. The van der Waals surface area contributed by atoms with Gasteiger partial charge in [-0.25, -0.2) is 8.42 Å². The molecular weight excluding hydrogens is 224 g/mol. The second kappa shape index (κ2) is 8.50. The van der Waals surface area contributed by atoms with Crippen molar-refractivity contribution in [2.75, 3.05) is 31.9 Å². The minimum absolute atomic E-state index is 0.168.